The van der Waals surface area contributed by atoms with Crippen molar-refractivity contribution in [1.82, 2.24) is 4.90 Å². The van der Waals surface area contributed by atoms with Gasteiger partial charge in [0.25, 0.3) is 0 Å². The zero-order valence-corrected chi connectivity index (χ0v) is 21.2. The van der Waals surface area contributed by atoms with E-state index in [1.807, 2.05) is 0 Å². The van der Waals surface area contributed by atoms with Crippen molar-refractivity contribution in [3.05, 3.63) is 0 Å². The van der Waals surface area contributed by atoms with Crippen LogP contribution in [0.2, 0.25) is 0 Å². The smallest absolute Gasteiger partial charge is 0.460 e. The Balaban J connectivity index is 5.21. The molecule has 0 bridgehead atoms. The Morgan fingerprint density at radius 1 is 0.738 bits per heavy atom. The van der Waals surface area contributed by atoms with E-state index in [0.717, 1.165) is 0 Å². The van der Waals surface area contributed by atoms with Crippen LogP contribution in [-0.4, -0.2) is 114 Å². The molecule has 0 radical (unpaired) electrons. The predicted molar refractivity (Wildman–Crippen MR) is 107 cm³/mol. The molecular formula is C20H24F15NO6. The third-order valence-corrected chi connectivity index (χ3v) is 5.52. The molecular weight excluding hydrogens is 635 g/mol. The standard InChI is InChI=1S/C20H24F15NO6/c1-10(37)3-4-12(13(39)40)36(2)6-5-11(38)9-41-7-8-42-20(34,35)18(29,30)16(25,26)14(21,22)15(23,24)17(27,28)19(31,32)33/h11-12,38H,3-9H2,1-2H3,(H,39,40)/t11?,12-/m1/s1. The third-order valence-electron chi connectivity index (χ3n) is 5.52. The van der Waals surface area contributed by atoms with Gasteiger partial charge in [-0.15, -0.1) is 0 Å². The van der Waals surface area contributed by atoms with Crippen molar-refractivity contribution in [2.45, 2.75) is 80.2 Å². The highest BCUT2D eigenvalue weighted by molar-refractivity contribution is 5.78. The summed E-state index contributed by atoms with van der Waals surface area (Å²) in [5.74, 6) is -42.6. The zero-order chi connectivity index (χ0) is 33.8. The number of Topliss-reactive ketones (excluding diaryl/α,β-unsaturated/α-hetero) is 1. The van der Waals surface area contributed by atoms with Crippen LogP contribution in [0.25, 0.3) is 0 Å². The van der Waals surface area contributed by atoms with Gasteiger partial charge in [-0.25, -0.2) is 0 Å². The number of halogens is 15. The Bertz CT molecular complexity index is 913. The number of ketones is 1. The SMILES string of the molecule is CC(=O)CC[C@H](C(=O)O)N(C)CCC(O)COCCOC(F)(F)C(F)(F)C(F)(F)C(F)(F)C(F)(F)C(F)(F)C(F)(F)F. The fraction of sp³-hybridized carbons (Fsp3) is 0.900. The maximum atomic E-state index is 13.6. The Labute approximate surface area is 226 Å². The number of aliphatic hydroxyl groups is 1. The first-order chi connectivity index (χ1) is 18.5. The summed E-state index contributed by atoms with van der Waals surface area (Å²) in [7, 11) is 1.29. The van der Waals surface area contributed by atoms with Crippen molar-refractivity contribution in [2.75, 3.05) is 33.4 Å². The van der Waals surface area contributed by atoms with Crippen molar-refractivity contribution < 1.29 is 95.1 Å². The van der Waals surface area contributed by atoms with Crippen molar-refractivity contribution in [2.24, 2.45) is 0 Å². The van der Waals surface area contributed by atoms with Crippen molar-refractivity contribution in [3.63, 3.8) is 0 Å². The lowest BCUT2D eigenvalue weighted by molar-refractivity contribution is -0.472. The number of aliphatic hydroxyl groups excluding tert-OH is 1. The van der Waals surface area contributed by atoms with Crippen LogP contribution >= 0.6 is 0 Å². The summed E-state index contributed by atoms with van der Waals surface area (Å²) in [5, 5.41) is 18.9. The van der Waals surface area contributed by atoms with E-state index in [1.54, 1.807) is 0 Å². The average Bonchev–Trinajstić information content (AvgIpc) is 2.80. The molecule has 0 aromatic rings. The molecule has 2 atom stereocenters. The number of hydrogen-bond donors (Lipinski definition) is 2. The molecule has 0 aliphatic rings. The number of carboxylic acid groups (broad SMARTS) is 1. The Hall–Kier alpha value is -2.07. The van der Waals surface area contributed by atoms with Gasteiger partial charge in [0.2, 0.25) is 0 Å². The molecule has 0 aliphatic heterocycles. The van der Waals surface area contributed by atoms with E-state index in [4.69, 9.17) is 0 Å². The minimum absolute atomic E-state index is 0.0946. The molecule has 7 nitrogen and oxygen atoms in total. The van der Waals surface area contributed by atoms with Gasteiger partial charge in [0.05, 0.1) is 25.9 Å². The van der Waals surface area contributed by atoms with Gasteiger partial charge < -0.3 is 24.5 Å². The second-order valence-corrected chi connectivity index (χ2v) is 8.83. The molecule has 0 fully saturated rings. The number of carboxylic acids is 1. The summed E-state index contributed by atoms with van der Waals surface area (Å²) < 4.78 is 204. The molecule has 0 saturated carbocycles. The van der Waals surface area contributed by atoms with E-state index < -0.39 is 79.8 Å². The topological polar surface area (TPSA) is 96.3 Å². The first-order valence-corrected chi connectivity index (χ1v) is 11.2. The number of carbonyl (C=O) groups is 2. The van der Waals surface area contributed by atoms with Gasteiger partial charge in [-0.1, -0.05) is 0 Å². The summed E-state index contributed by atoms with van der Waals surface area (Å²) in [5.41, 5.74) is 0. The summed E-state index contributed by atoms with van der Waals surface area (Å²) in [6, 6.07) is -1.16. The summed E-state index contributed by atoms with van der Waals surface area (Å²) in [6.45, 7) is -3.02. The summed E-state index contributed by atoms with van der Waals surface area (Å²) >= 11 is 0. The van der Waals surface area contributed by atoms with Crippen LogP contribution in [0.3, 0.4) is 0 Å². The molecule has 0 amide bonds. The number of alkyl halides is 15. The Kier molecular flexibility index (Phi) is 13.0. The molecule has 0 rings (SSSR count). The second-order valence-electron chi connectivity index (χ2n) is 8.83. The number of rotatable bonds is 19. The van der Waals surface area contributed by atoms with Gasteiger partial charge in [-0.3, -0.25) is 9.69 Å². The summed E-state index contributed by atoms with van der Waals surface area (Å²) in [4.78, 5) is 23.5. The molecule has 0 spiro atoms. The van der Waals surface area contributed by atoms with Crippen LogP contribution in [0.15, 0.2) is 0 Å². The lowest BCUT2D eigenvalue weighted by Crippen LogP contribution is -2.72. The molecule has 42 heavy (non-hydrogen) atoms. The lowest BCUT2D eigenvalue weighted by Gasteiger charge is -2.41. The van der Waals surface area contributed by atoms with Crippen LogP contribution in [0.1, 0.15) is 26.2 Å². The molecule has 1 unspecified atom stereocenters. The number of nitrogens with zero attached hydrogens (tertiary/aromatic N) is 1. The molecule has 0 heterocycles. The number of aliphatic carboxylic acids is 1. The Morgan fingerprint density at radius 3 is 1.62 bits per heavy atom. The zero-order valence-electron chi connectivity index (χ0n) is 21.2. The molecule has 0 aromatic heterocycles. The van der Waals surface area contributed by atoms with Crippen LogP contribution in [-0.2, 0) is 19.1 Å². The van der Waals surface area contributed by atoms with Gasteiger partial charge >= 0.3 is 47.9 Å². The fourth-order valence-electron chi connectivity index (χ4n) is 2.96. The third kappa shape index (κ3) is 8.30. The first kappa shape index (κ1) is 39.9. The largest absolute Gasteiger partial charge is 0.480 e. The molecule has 22 heteroatoms. The normalized spacial score (nSPS) is 16.1. The number of hydrogen-bond acceptors (Lipinski definition) is 6. The fourth-order valence-corrected chi connectivity index (χ4v) is 2.96. The molecule has 0 saturated heterocycles. The van der Waals surface area contributed by atoms with Gasteiger partial charge in [-0.05, 0) is 26.8 Å². The maximum absolute atomic E-state index is 13.6. The Morgan fingerprint density at radius 2 is 1.19 bits per heavy atom. The van der Waals surface area contributed by atoms with Crippen molar-refractivity contribution in [1.29, 1.82) is 0 Å². The van der Waals surface area contributed by atoms with Gasteiger partial charge in [0.1, 0.15) is 11.8 Å². The quantitative estimate of drug-likeness (QED) is 0.151. The van der Waals surface area contributed by atoms with Crippen LogP contribution < -0.4 is 0 Å². The van der Waals surface area contributed by atoms with Crippen molar-refractivity contribution >= 4 is 11.8 Å². The highest BCUT2D eigenvalue weighted by Crippen LogP contribution is 2.62. The van der Waals surface area contributed by atoms with E-state index in [9.17, 15) is 85.7 Å². The first-order valence-electron chi connectivity index (χ1n) is 11.2. The average molecular weight is 659 g/mol. The number of ether oxygens (including phenoxy) is 2. The van der Waals surface area contributed by atoms with Crippen LogP contribution in [0.5, 0.6) is 0 Å². The molecule has 250 valence electrons. The van der Waals surface area contributed by atoms with Crippen LogP contribution in [0, 0.1) is 0 Å². The second kappa shape index (κ2) is 13.7. The van der Waals surface area contributed by atoms with Crippen molar-refractivity contribution in [3.8, 4) is 0 Å². The van der Waals surface area contributed by atoms with E-state index in [0.29, 0.717) is 0 Å². The molecule has 0 aromatic carbocycles. The van der Waals surface area contributed by atoms with Crippen LogP contribution in [0.4, 0.5) is 65.9 Å². The number of carbonyl (C=O) groups excluding carboxylic acids is 1. The highest BCUT2D eigenvalue weighted by atomic mass is 19.4. The van der Waals surface area contributed by atoms with Gasteiger partial charge in [-0.2, -0.15) is 65.9 Å². The maximum Gasteiger partial charge on any atom is 0.460 e. The van der Waals surface area contributed by atoms with E-state index >= 15 is 0 Å². The molecule has 0 aliphatic carbocycles. The highest BCUT2D eigenvalue weighted by Gasteiger charge is 2.93. The van der Waals surface area contributed by atoms with Gasteiger partial charge in [0, 0.05) is 13.0 Å². The minimum atomic E-state index is -8.42. The van der Waals surface area contributed by atoms with E-state index in [2.05, 4.69) is 9.47 Å². The minimum Gasteiger partial charge on any atom is -0.480 e. The van der Waals surface area contributed by atoms with Gasteiger partial charge in [0.15, 0.2) is 0 Å². The van der Waals surface area contributed by atoms with E-state index in [-0.39, 0.29) is 31.6 Å². The predicted octanol–water partition coefficient (Wildman–Crippen LogP) is 4.86. The number of likely N-dealkylation sites (N-methyl/N-ethyl adjacent to an activating group) is 1. The van der Waals surface area contributed by atoms with E-state index in [1.165, 1.54) is 18.9 Å². The molecule has 2 N–H and O–H groups in total. The monoisotopic (exact) mass is 659 g/mol. The lowest BCUT2D eigenvalue weighted by atomic mass is 9.93. The summed E-state index contributed by atoms with van der Waals surface area (Å²) in [6.07, 6.45) is -16.6.